The summed E-state index contributed by atoms with van der Waals surface area (Å²) in [6.07, 6.45) is 3.25. The molecule has 0 spiro atoms. The number of aromatic nitrogens is 6. The number of aromatic amines is 1. The molecule has 0 saturated heterocycles. The van der Waals surface area contributed by atoms with Gasteiger partial charge in [0.25, 0.3) is 0 Å². The lowest BCUT2D eigenvalue weighted by Crippen LogP contribution is -2.19. The van der Waals surface area contributed by atoms with Crippen molar-refractivity contribution in [1.82, 2.24) is 29.5 Å². The van der Waals surface area contributed by atoms with E-state index in [4.69, 9.17) is 5.73 Å². The Bertz CT molecular complexity index is 665. The highest BCUT2D eigenvalue weighted by Gasteiger charge is 2.19. The number of nitrogens with one attached hydrogen (secondary N) is 1. The Labute approximate surface area is 97.1 Å². The number of hydrogen-bond acceptors (Lipinski definition) is 5. The van der Waals surface area contributed by atoms with Crippen LogP contribution in [0.3, 0.4) is 0 Å². The second kappa shape index (κ2) is 3.49. The van der Waals surface area contributed by atoms with Crippen LogP contribution < -0.4 is 5.73 Å². The highest BCUT2D eigenvalue weighted by molar-refractivity contribution is 5.84. The third kappa shape index (κ3) is 1.39. The smallest absolute Gasteiger partial charge is 0.189 e. The van der Waals surface area contributed by atoms with Gasteiger partial charge in [-0.15, -0.1) is 10.2 Å². The summed E-state index contributed by atoms with van der Waals surface area (Å²) in [7, 11) is 0. The summed E-state index contributed by atoms with van der Waals surface area (Å²) in [4.78, 5) is 11.3. The highest BCUT2D eigenvalue weighted by atomic mass is 15.3. The third-order valence-corrected chi connectivity index (χ3v) is 2.88. The molecule has 88 valence electrons. The minimum atomic E-state index is -0.160. The van der Waals surface area contributed by atoms with Gasteiger partial charge in [0, 0.05) is 0 Å². The Morgan fingerprint density at radius 1 is 1.29 bits per heavy atom. The molecule has 0 aliphatic rings. The SMILES string of the molecule is CC(C)C(N)c1nnc2c3[nH]cnc3ncn12. The van der Waals surface area contributed by atoms with Crippen LogP contribution in [0, 0.1) is 5.92 Å². The first-order chi connectivity index (χ1) is 8.18. The van der Waals surface area contributed by atoms with Crippen molar-refractivity contribution in [3.05, 3.63) is 18.5 Å². The van der Waals surface area contributed by atoms with E-state index >= 15 is 0 Å². The lowest BCUT2D eigenvalue weighted by atomic mass is 10.1. The fraction of sp³-hybridized carbons (Fsp3) is 0.400. The average Bonchev–Trinajstić information content (AvgIpc) is 2.92. The molecule has 0 aliphatic heterocycles. The maximum Gasteiger partial charge on any atom is 0.189 e. The monoisotopic (exact) mass is 231 g/mol. The van der Waals surface area contributed by atoms with Gasteiger partial charge in [0.2, 0.25) is 0 Å². The van der Waals surface area contributed by atoms with E-state index in [0.717, 1.165) is 11.3 Å². The molecule has 7 heteroatoms. The van der Waals surface area contributed by atoms with Gasteiger partial charge in [-0.3, -0.25) is 4.40 Å². The summed E-state index contributed by atoms with van der Waals surface area (Å²) < 4.78 is 1.81. The van der Waals surface area contributed by atoms with Gasteiger partial charge >= 0.3 is 0 Å². The van der Waals surface area contributed by atoms with Gasteiger partial charge in [-0.05, 0) is 5.92 Å². The van der Waals surface area contributed by atoms with E-state index < -0.39 is 0 Å². The minimum Gasteiger partial charge on any atom is -0.340 e. The Morgan fingerprint density at radius 3 is 2.88 bits per heavy atom. The zero-order valence-corrected chi connectivity index (χ0v) is 9.62. The number of fused-ring (bicyclic) bond motifs is 3. The largest absolute Gasteiger partial charge is 0.340 e. The number of nitrogens with two attached hydrogens (primary N) is 1. The number of hydrogen-bond donors (Lipinski definition) is 2. The fourth-order valence-electron chi connectivity index (χ4n) is 1.78. The zero-order chi connectivity index (χ0) is 12.0. The van der Waals surface area contributed by atoms with Gasteiger partial charge in [0.05, 0.1) is 12.4 Å². The van der Waals surface area contributed by atoms with E-state index in [1.54, 1.807) is 12.7 Å². The molecule has 0 aliphatic carbocycles. The number of H-pyrrole nitrogens is 1. The molecule has 0 saturated carbocycles. The Kier molecular flexibility index (Phi) is 2.08. The summed E-state index contributed by atoms with van der Waals surface area (Å²) in [6.45, 7) is 4.10. The van der Waals surface area contributed by atoms with Crippen molar-refractivity contribution in [1.29, 1.82) is 0 Å². The van der Waals surface area contributed by atoms with Crippen LogP contribution in [0.25, 0.3) is 16.8 Å². The summed E-state index contributed by atoms with van der Waals surface area (Å²) in [6, 6.07) is -0.160. The summed E-state index contributed by atoms with van der Waals surface area (Å²) in [5, 5.41) is 8.29. The number of rotatable bonds is 2. The predicted octanol–water partition coefficient (Wildman–Crippen LogP) is 0.656. The maximum absolute atomic E-state index is 6.09. The molecular formula is C10H13N7. The van der Waals surface area contributed by atoms with Crippen LogP contribution in [0.1, 0.15) is 25.7 Å². The molecule has 0 fully saturated rings. The lowest BCUT2D eigenvalue weighted by Gasteiger charge is -2.12. The van der Waals surface area contributed by atoms with Crippen molar-refractivity contribution in [3.8, 4) is 0 Å². The van der Waals surface area contributed by atoms with Crippen LogP contribution in [0.2, 0.25) is 0 Å². The highest BCUT2D eigenvalue weighted by Crippen LogP contribution is 2.20. The van der Waals surface area contributed by atoms with Crippen molar-refractivity contribution < 1.29 is 0 Å². The van der Waals surface area contributed by atoms with Crippen LogP contribution in [-0.2, 0) is 0 Å². The van der Waals surface area contributed by atoms with E-state index in [1.807, 2.05) is 18.2 Å². The standard InChI is InChI=1S/C10H13N7/c1-5(2)6(11)9-15-16-10-7-8(13-3-12-7)14-4-17(9)10/h3-6H,11H2,1-2H3,(H,12,13). The van der Waals surface area contributed by atoms with E-state index in [1.165, 1.54) is 0 Å². The van der Waals surface area contributed by atoms with Crippen molar-refractivity contribution >= 4 is 16.8 Å². The van der Waals surface area contributed by atoms with Crippen LogP contribution >= 0.6 is 0 Å². The molecule has 1 unspecified atom stereocenters. The molecule has 7 nitrogen and oxygen atoms in total. The van der Waals surface area contributed by atoms with Gasteiger partial charge in [-0.25, -0.2) is 9.97 Å². The molecule has 3 aromatic heterocycles. The molecule has 3 aromatic rings. The molecule has 3 heterocycles. The van der Waals surface area contributed by atoms with E-state index in [2.05, 4.69) is 25.1 Å². The van der Waals surface area contributed by atoms with Crippen LogP contribution in [-0.4, -0.2) is 29.5 Å². The van der Waals surface area contributed by atoms with Gasteiger partial charge in [-0.2, -0.15) is 0 Å². The van der Waals surface area contributed by atoms with E-state index in [0.29, 0.717) is 17.2 Å². The van der Waals surface area contributed by atoms with Gasteiger partial charge in [0.1, 0.15) is 11.8 Å². The predicted molar refractivity (Wildman–Crippen MR) is 62.2 cm³/mol. The second-order valence-corrected chi connectivity index (χ2v) is 4.37. The Morgan fingerprint density at radius 2 is 2.12 bits per heavy atom. The molecule has 0 radical (unpaired) electrons. The topological polar surface area (TPSA) is 97.8 Å². The first-order valence-electron chi connectivity index (χ1n) is 5.46. The minimum absolute atomic E-state index is 0.160. The number of imidazole rings is 1. The van der Waals surface area contributed by atoms with Crippen LogP contribution in [0.5, 0.6) is 0 Å². The second-order valence-electron chi connectivity index (χ2n) is 4.37. The van der Waals surface area contributed by atoms with E-state index in [9.17, 15) is 0 Å². The van der Waals surface area contributed by atoms with Crippen molar-refractivity contribution in [2.24, 2.45) is 11.7 Å². The molecule has 1 atom stereocenters. The van der Waals surface area contributed by atoms with E-state index in [-0.39, 0.29) is 6.04 Å². The zero-order valence-electron chi connectivity index (χ0n) is 9.62. The molecule has 3 N–H and O–H groups in total. The Balaban J connectivity index is 2.28. The molecule has 0 bridgehead atoms. The first-order valence-corrected chi connectivity index (χ1v) is 5.46. The number of nitrogens with zero attached hydrogens (tertiary/aromatic N) is 5. The first kappa shape index (κ1) is 10.2. The van der Waals surface area contributed by atoms with Crippen molar-refractivity contribution in [3.63, 3.8) is 0 Å². The maximum atomic E-state index is 6.09. The summed E-state index contributed by atoms with van der Waals surface area (Å²) in [5.41, 5.74) is 8.21. The summed E-state index contributed by atoms with van der Waals surface area (Å²) in [5.74, 6) is 1.01. The van der Waals surface area contributed by atoms with Gasteiger partial charge in [0.15, 0.2) is 17.1 Å². The normalized spacial score (nSPS) is 13.9. The summed E-state index contributed by atoms with van der Waals surface area (Å²) >= 11 is 0. The third-order valence-electron chi connectivity index (χ3n) is 2.88. The van der Waals surface area contributed by atoms with Crippen molar-refractivity contribution in [2.75, 3.05) is 0 Å². The quantitative estimate of drug-likeness (QED) is 0.675. The average molecular weight is 231 g/mol. The molecule has 17 heavy (non-hydrogen) atoms. The molecule has 0 aromatic carbocycles. The Hall–Kier alpha value is -2.02. The fourth-order valence-corrected chi connectivity index (χ4v) is 1.78. The molecule has 0 amide bonds. The molecular weight excluding hydrogens is 218 g/mol. The van der Waals surface area contributed by atoms with Gasteiger partial charge < -0.3 is 10.7 Å². The van der Waals surface area contributed by atoms with Crippen LogP contribution in [0.4, 0.5) is 0 Å². The van der Waals surface area contributed by atoms with Crippen LogP contribution in [0.15, 0.2) is 12.7 Å². The lowest BCUT2D eigenvalue weighted by molar-refractivity contribution is 0.486. The van der Waals surface area contributed by atoms with Crippen molar-refractivity contribution in [2.45, 2.75) is 19.9 Å². The van der Waals surface area contributed by atoms with Gasteiger partial charge in [-0.1, -0.05) is 13.8 Å². The molecule has 3 rings (SSSR count).